The van der Waals surface area contributed by atoms with Gasteiger partial charge in [-0.25, -0.2) is 9.78 Å². The van der Waals surface area contributed by atoms with Crippen LogP contribution in [0.25, 0.3) is 117 Å². The predicted octanol–water partition coefficient (Wildman–Crippen LogP) is 19.2. The van der Waals surface area contributed by atoms with Crippen LogP contribution in [0.4, 0.5) is 34.1 Å². The first kappa shape index (κ1) is 115. The molecule has 0 saturated carbocycles. The van der Waals surface area contributed by atoms with Gasteiger partial charge in [-0.3, -0.25) is 9.97 Å². The molecule has 0 radical (unpaired) electrons. The van der Waals surface area contributed by atoms with Crippen LogP contribution in [0.15, 0.2) is 340 Å². The Bertz CT molecular complexity index is 6320. The van der Waals surface area contributed by atoms with Gasteiger partial charge in [0.25, 0.3) is 0 Å². The molecule has 0 fully saturated rings. The number of carbonyl (C=O) groups is 3. The molecule has 678 valence electrons. The van der Waals surface area contributed by atoms with Crippen molar-refractivity contribution < 1.29 is 78.4 Å². The van der Waals surface area contributed by atoms with E-state index >= 15 is 0 Å². The van der Waals surface area contributed by atoms with Gasteiger partial charge in [-0.05, 0) is 195 Å². The van der Waals surface area contributed by atoms with Crippen LogP contribution in [-0.4, -0.2) is 71.6 Å². The molecule has 20 heteroatoms. The van der Waals surface area contributed by atoms with Crippen molar-refractivity contribution in [2.45, 2.75) is 79.0 Å². The number of anilines is 6. The van der Waals surface area contributed by atoms with Crippen LogP contribution in [0.1, 0.15) is 126 Å². The largest absolute Gasteiger partial charge is 1.00 e. The van der Waals surface area contributed by atoms with Crippen molar-refractivity contribution in [2.75, 3.05) is 60.9 Å². The van der Waals surface area contributed by atoms with E-state index in [0.717, 1.165) is 139 Å². The Hall–Kier alpha value is -15.3. The molecule has 16 rings (SSSR count). The van der Waals surface area contributed by atoms with Gasteiger partial charge in [-0.2, -0.15) is 13.7 Å². The molecule has 16 aromatic rings. The molecule has 132 heavy (non-hydrogen) atoms. The fraction of sp³-hybridized carbons (Fsp3) is 0.134. The summed E-state index contributed by atoms with van der Waals surface area (Å²) in [6.07, 6.45) is 35.1. The fourth-order valence-corrected chi connectivity index (χ4v) is 12.6. The van der Waals surface area contributed by atoms with Gasteiger partial charge in [-0.1, -0.05) is 254 Å². The molecule has 6 aromatic heterocycles. The van der Waals surface area contributed by atoms with Gasteiger partial charge in [0.15, 0.2) is 31.7 Å². The van der Waals surface area contributed by atoms with Gasteiger partial charge in [0.2, 0.25) is 23.3 Å². The third-order valence-electron chi connectivity index (χ3n) is 19.1. The molecule has 0 aliphatic rings. The van der Waals surface area contributed by atoms with Crippen molar-refractivity contribution in [2.24, 2.45) is 0 Å². The average molecular weight is 1780 g/mol. The number of aliphatic carboxylic acids is 3. The zero-order chi connectivity index (χ0) is 85.8. The Morgan fingerprint density at radius 3 is 1.26 bits per heavy atom. The van der Waals surface area contributed by atoms with E-state index in [1.807, 2.05) is 367 Å². The van der Waals surface area contributed by atoms with Crippen LogP contribution < -0.4 is 86.2 Å². The number of hydrogen-bond acceptors (Lipinski definition) is 15. The first-order valence-electron chi connectivity index (χ1n) is 39.4. The quantitative estimate of drug-likeness (QED) is 0.0221. The number of nitrogen functional groups attached to an aromatic ring is 3. The second-order valence-electron chi connectivity index (χ2n) is 28.1. The summed E-state index contributed by atoms with van der Waals surface area (Å²) in [5, 5.41) is 41.3. The number of nitrogens with two attached hydrogens (primary N) is 3. The number of aromatic nitrogens is 6. The molecule has 10 aromatic carbocycles. The van der Waals surface area contributed by atoms with Gasteiger partial charge in [0.05, 0.1) is 22.1 Å². The molecule has 0 aliphatic heterocycles. The number of pyridine rings is 6. The van der Waals surface area contributed by atoms with Crippen molar-refractivity contribution in [1.82, 2.24) is 15.0 Å². The van der Waals surface area contributed by atoms with Crippen LogP contribution in [0.3, 0.4) is 0 Å². The summed E-state index contributed by atoms with van der Waals surface area (Å²) >= 11 is 0. The van der Waals surface area contributed by atoms with Crippen molar-refractivity contribution in [3.63, 3.8) is 0 Å². The second kappa shape index (κ2) is 59.7. The molecule has 6 heterocycles. The maximum Gasteiger partial charge on any atom is 1.00 e. The number of fused-ring (bicyclic) bond motifs is 4. The molecular formula is C112H128N12NaO7+. The average Bonchev–Trinajstić information content (AvgIpc) is 0.814. The summed E-state index contributed by atoms with van der Waals surface area (Å²) in [5.41, 5.74) is 39.2. The summed E-state index contributed by atoms with van der Waals surface area (Å²) < 4.78 is 5.07. The molecular weight excluding hydrogens is 1650 g/mol. The Balaban J connectivity index is 0.000000785. The number of nitrogens with one attached hydrogen (secondary N) is 2. The van der Waals surface area contributed by atoms with Gasteiger partial charge in [0, 0.05) is 140 Å². The number of para-hydroxylation sites is 4. The Labute approximate surface area is 803 Å². The topological polar surface area (TPSA) is 303 Å². The van der Waals surface area contributed by atoms with E-state index < -0.39 is 17.9 Å². The van der Waals surface area contributed by atoms with Gasteiger partial charge in [0.1, 0.15) is 11.9 Å². The minimum atomic E-state index is -1.11. The zero-order valence-corrected chi connectivity index (χ0v) is 71.7. The summed E-state index contributed by atoms with van der Waals surface area (Å²) in [6.45, 7) is -0.355. The van der Waals surface area contributed by atoms with E-state index in [-0.39, 0.29) is 114 Å². The SMILES string of the molecule is C.C.C.C.C.C.C.C.CN(C)c1ccc(/C=C/c2ccc3ccccc3[n+]2CC(=O)[O-])cc1.CNc1ccc(/C=C/c2cc[n+](CC(=O)O)cc2)cc1.CNc1ccc(/C=C\c2cc[n+](CC(=O)[O-])c3ccccc23)cc1.Nc1ccc(/C=C/c2ccc3ccccc3n2)cc1.Nc1ccc(/C=C/c2ccncc2)cc1.Nc1ccc(/C=C\c2ccnc3ccccc23)cc1.[Na+].[OH-]. The molecule has 0 unspecified atom stereocenters. The molecule has 10 N–H and O–H groups in total. The maximum absolute atomic E-state index is 11.2. The van der Waals surface area contributed by atoms with Crippen LogP contribution >= 0.6 is 0 Å². The number of carboxylic acids is 3. The van der Waals surface area contributed by atoms with Gasteiger partial charge < -0.3 is 63.1 Å². The van der Waals surface area contributed by atoms with Crippen molar-refractivity contribution in [3.8, 4) is 0 Å². The number of carboxylic acid groups (broad SMARTS) is 3. The predicted molar refractivity (Wildman–Crippen MR) is 555 cm³/mol. The Morgan fingerprint density at radius 2 is 0.773 bits per heavy atom. The second-order valence-corrected chi connectivity index (χ2v) is 28.1. The number of benzene rings is 10. The molecule has 0 amide bonds. The van der Waals surface area contributed by atoms with E-state index in [2.05, 4.69) is 74.1 Å². The van der Waals surface area contributed by atoms with Gasteiger partial charge >= 0.3 is 35.5 Å². The first-order valence-corrected chi connectivity index (χ1v) is 39.4. The molecule has 0 aliphatic carbocycles. The van der Waals surface area contributed by atoms with E-state index in [1.165, 1.54) is 5.56 Å². The summed E-state index contributed by atoms with van der Waals surface area (Å²) in [4.78, 5) is 47.6. The van der Waals surface area contributed by atoms with E-state index in [9.17, 15) is 24.6 Å². The van der Waals surface area contributed by atoms with Crippen LogP contribution in [0.5, 0.6) is 0 Å². The number of hydrogen-bond donors (Lipinski definition) is 6. The maximum atomic E-state index is 11.2. The standard InChI is InChI=1S/C21H20N2O2.C20H18N2O2.2C17H14N2.C16H16N2O2.C13H12N2.8CH4.Na.H2O/c1-22(2)18-11-7-16(8-12-18)9-13-19-14-10-17-5-3-4-6-20(17)23(19)15-21(24)25;1-21-17-10-7-15(8-11-17)6-9-16-12-13-22(14-20(23)24)19-5-3-2-4-18(16)19;18-15-9-5-13(6-10-15)7-11-16-12-8-14-3-1-2-4-17(14)19-16;18-15-9-6-13(7-10-15)5-8-14-11-12-19-17-4-2-1-3-16(14)17;1-17-15-6-4-13(5-7-15)2-3-14-8-10-18(11-9-14)12-16(19)20;14-13-5-3-11(4-6-13)1-2-12-7-9-15-10-8-12;;;;;;;;;;/h3-14H,15H2,1-2H3;2-13H,14H2,1H3,(H,23,24);2*1-12H,18H2;2-11H,12H2,1H3,(H,19,20);1-10H,14H2;8*1H4;;1H2/q;;;;;;;;;;;;;;+1;/b;;11-7+;8-5-;;2-1+;;;;;;;;;;. The number of carbonyl (C=O) groups excluding carboxylic acids is 2. The summed E-state index contributed by atoms with van der Waals surface area (Å²) in [6, 6.07) is 99.3. The third-order valence-corrected chi connectivity index (χ3v) is 19.1. The smallest absolute Gasteiger partial charge is 0.870 e. The normalized spacial score (nSPS) is 10.2. The first-order chi connectivity index (χ1) is 59.4. The molecule has 0 bridgehead atoms. The third kappa shape index (κ3) is 36.5. The molecule has 0 atom stereocenters. The van der Waals surface area contributed by atoms with Crippen molar-refractivity contribution >= 4 is 169 Å². The van der Waals surface area contributed by atoms with Crippen molar-refractivity contribution in [1.29, 1.82) is 0 Å². The molecule has 0 saturated heterocycles. The minimum Gasteiger partial charge on any atom is -0.870 e. The fourth-order valence-electron chi connectivity index (χ4n) is 12.6. The van der Waals surface area contributed by atoms with Crippen LogP contribution in [0, 0.1) is 0 Å². The number of rotatable bonds is 21. The van der Waals surface area contributed by atoms with E-state index in [4.69, 9.17) is 22.3 Å². The molecule has 19 nitrogen and oxygen atoms in total. The minimum absolute atomic E-state index is 0. The van der Waals surface area contributed by atoms with Crippen LogP contribution in [0.2, 0.25) is 0 Å². The monoisotopic (exact) mass is 1780 g/mol. The summed E-state index contributed by atoms with van der Waals surface area (Å²) in [5.74, 6) is -3.05. The van der Waals surface area contributed by atoms with Gasteiger partial charge in [-0.15, -0.1) is 0 Å². The summed E-state index contributed by atoms with van der Waals surface area (Å²) in [7, 11) is 7.79. The number of nitrogens with zero attached hydrogens (tertiary/aromatic N) is 7. The zero-order valence-electron chi connectivity index (χ0n) is 69.7. The van der Waals surface area contributed by atoms with E-state index in [1.54, 1.807) is 44.7 Å². The Kier molecular flexibility index (Phi) is 51.9. The Morgan fingerprint density at radius 1 is 0.379 bits per heavy atom. The molecule has 0 spiro atoms. The van der Waals surface area contributed by atoms with Crippen molar-refractivity contribution in [3.05, 3.63) is 408 Å². The van der Waals surface area contributed by atoms with E-state index in [0.29, 0.717) is 0 Å². The van der Waals surface area contributed by atoms with Crippen LogP contribution in [-0.2, 0) is 34.0 Å².